The van der Waals surface area contributed by atoms with E-state index in [1.807, 2.05) is 30.3 Å². The topological polar surface area (TPSA) is 124 Å². The summed E-state index contributed by atoms with van der Waals surface area (Å²) in [4.78, 5) is 33.3. The lowest BCUT2D eigenvalue weighted by Crippen LogP contribution is -2.30. The summed E-state index contributed by atoms with van der Waals surface area (Å²) in [6, 6.07) is 8.67. The molecule has 1 aromatic carbocycles. The summed E-state index contributed by atoms with van der Waals surface area (Å²) in [6.07, 6.45) is 3.58. The SMILES string of the molecule is CC(=O)c1nc(Cn2ncc(NC(=O)C3N=COC3c3ccccc3)n2)co1. The van der Waals surface area contributed by atoms with Gasteiger partial charge in [0.2, 0.25) is 5.78 Å². The molecule has 0 aliphatic carbocycles. The minimum absolute atomic E-state index is 0.0294. The highest BCUT2D eigenvalue weighted by molar-refractivity contribution is 5.96. The normalized spacial score (nSPS) is 18.0. The zero-order valence-corrected chi connectivity index (χ0v) is 14.8. The molecule has 3 aromatic rings. The number of nitrogens with one attached hydrogen (secondary N) is 1. The van der Waals surface area contributed by atoms with Gasteiger partial charge in [0.25, 0.3) is 11.8 Å². The largest absolute Gasteiger partial charge is 0.473 e. The molecule has 1 N–H and O–H groups in total. The second-order valence-electron chi connectivity index (χ2n) is 6.12. The Morgan fingerprint density at radius 1 is 1.25 bits per heavy atom. The quantitative estimate of drug-likeness (QED) is 0.644. The minimum Gasteiger partial charge on any atom is -0.473 e. The molecule has 4 rings (SSSR count). The van der Waals surface area contributed by atoms with Crippen molar-refractivity contribution in [3.05, 3.63) is 59.9 Å². The first-order chi connectivity index (χ1) is 13.6. The van der Waals surface area contributed by atoms with E-state index in [2.05, 4.69) is 25.5 Å². The van der Waals surface area contributed by atoms with Gasteiger partial charge in [-0.15, -0.1) is 5.10 Å². The number of rotatable bonds is 6. The Labute approximate surface area is 159 Å². The van der Waals surface area contributed by atoms with Crippen LogP contribution in [0.1, 0.15) is 35.0 Å². The number of benzene rings is 1. The van der Waals surface area contributed by atoms with E-state index in [1.165, 1.54) is 30.6 Å². The Hall–Kier alpha value is -3.82. The van der Waals surface area contributed by atoms with Crippen molar-refractivity contribution in [2.24, 2.45) is 4.99 Å². The van der Waals surface area contributed by atoms with Gasteiger partial charge in [-0.05, 0) is 5.56 Å². The summed E-state index contributed by atoms with van der Waals surface area (Å²) in [6.45, 7) is 1.57. The zero-order chi connectivity index (χ0) is 19.5. The monoisotopic (exact) mass is 380 g/mol. The minimum atomic E-state index is -0.721. The van der Waals surface area contributed by atoms with Crippen molar-refractivity contribution in [2.45, 2.75) is 25.6 Å². The number of aliphatic imine (C=N–C) groups is 1. The van der Waals surface area contributed by atoms with Crippen LogP contribution in [0.25, 0.3) is 0 Å². The summed E-state index contributed by atoms with van der Waals surface area (Å²) in [7, 11) is 0. The van der Waals surface area contributed by atoms with Gasteiger partial charge >= 0.3 is 0 Å². The van der Waals surface area contributed by atoms with Crippen molar-refractivity contribution in [1.82, 2.24) is 20.0 Å². The molecule has 10 heteroatoms. The van der Waals surface area contributed by atoms with Crippen LogP contribution in [0.2, 0.25) is 0 Å². The van der Waals surface area contributed by atoms with Crippen LogP contribution in [0.3, 0.4) is 0 Å². The first-order valence-electron chi connectivity index (χ1n) is 8.48. The summed E-state index contributed by atoms with van der Waals surface area (Å²) < 4.78 is 10.5. The van der Waals surface area contributed by atoms with Gasteiger partial charge in [0.15, 0.2) is 24.4 Å². The van der Waals surface area contributed by atoms with Crippen LogP contribution < -0.4 is 5.32 Å². The molecule has 0 fully saturated rings. The van der Waals surface area contributed by atoms with Gasteiger partial charge in [-0.25, -0.2) is 9.98 Å². The molecule has 1 amide bonds. The Kier molecular flexibility index (Phi) is 4.67. The number of hydrogen-bond acceptors (Lipinski definition) is 8. The average Bonchev–Trinajstić information content (AvgIpc) is 3.43. The summed E-state index contributed by atoms with van der Waals surface area (Å²) in [5.41, 5.74) is 1.35. The smallest absolute Gasteiger partial charge is 0.263 e. The van der Waals surface area contributed by atoms with Crippen LogP contribution in [0.4, 0.5) is 5.82 Å². The maximum atomic E-state index is 12.6. The van der Waals surface area contributed by atoms with E-state index in [-0.39, 0.29) is 29.9 Å². The molecule has 2 atom stereocenters. The number of Topliss-reactive ketones (excluding diaryl/α,β-unsaturated/α-hetero) is 1. The van der Waals surface area contributed by atoms with E-state index >= 15 is 0 Å². The van der Waals surface area contributed by atoms with E-state index in [9.17, 15) is 9.59 Å². The predicted molar refractivity (Wildman–Crippen MR) is 96.8 cm³/mol. The van der Waals surface area contributed by atoms with Crippen LogP contribution in [-0.4, -0.2) is 44.1 Å². The third-order valence-electron chi connectivity index (χ3n) is 4.06. The number of carbonyl (C=O) groups is 2. The lowest BCUT2D eigenvalue weighted by atomic mass is 10.0. The van der Waals surface area contributed by atoms with Gasteiger partial charge in [-0.1, -0.05) is 30.3 Å². The van der Waals surface area contributed by atoms with Gasteiger partial charge in [0.05, 0.1) is 6.20 Å². The van der Waals surface area contributed by atoms with E-state index < -0.39 is 12.1 Å². The van der Waals surface area contributed by atoms with Crippen molar-refractivity contribution in [1.29, 1.82) is 0 Å². The first-order valence-corrected chi connectivity index (χ1v) is 8.48. The summed E-state index contributed by atoms with van der Waals surface area (Å²) in [5, 5.41) is 10.9. The first kappa shape index (κ1) is 17.6. The van der Waals surface area contributed by atoms with Gasteiger partial charge in [0, 0.05) is 6.92 Å². The standard InChI is InChI=1S/C18H16N6O4/c1-11(25)18-21-13(9-27-18)8-24-20-7-14(23-24)22-17(26)15-16(28-10-19-15)12-5-3-2-4-6-12/h2-7,9-10,15-16H,8H2,1H3,(H,22,23,26). The maximum absolute atomic E-state index is 12.6. The molecule has 1 aliphatic rings. The molecular weight excluding hydrogens is 364 g/mol. The number of hydrogen-bond donors (Lipinski definition) is 1. The van der Waals surface area contributed by atoms with Gasteiger partial charge in [0.1, 0.15) is 18.5 Å². The maximum Gasteiger partial charge on any atom is 0.263 e. The van der Waals surface area contributed by atoms with Crippen LogP contribution in [-0.2, 0) is 16.1 Å². The predicted octanol–water partition coefficient (Wildman–Crippen LogP) is 1.62. The molecule has 0 saturated heterocycles. The van der Waals surface area contributed by atoms with Crippen LogP contribution in [0, 0.1) is 0 Å². The molecule has 0 bridgehead atoms. The zero-order valence-electron chi connectivity index (χ0n) is 14.8. The van der Waals surface area contributed by atoms with Crippen molar-refractivity contribution in [3.63, 3.8) is 0 Å². The van der Waals surface area contributed by atoms with Crippen molar-refractivity contribution < 1.29 is 18.7 Å². The van der Waals surface area contributed by atoms with Crippen molar-refractivity contribution in [3.8, 4) is 0 Å². The van der Waals surface area contributed by atoms with Crippen molar-refractivity contribution in [2.75, 3.05) is 5.32 Å². The number of amides is 1. The lowest BCUT2D eigenvalue weighted by molar-refractivity contribution is -0.118. The molecule has 0 saturated carbocycles. The molecule has 1 aliphatic heterocycles. The molecule has 142 valence electrons. The molecule has 10 nitrogen and oxygen atoms in total. The molecule has 0 spiro atoms. The molecular formula is C18H16N6O4. The second-order valence-corrected chi connectivity index (χ2v) is 6.12. The molecule has 28 heavy (non-hydrogen) atoms. The van der Waals surface area contributed by atoms with Gasteiger partial charge in [-0.3, -0.25) is 9.59 Å². The molecule has 3 heterocycles. The van der Waals surface area contributed by atoms with Crippen LogP contribution in [0.15, 0.2) is 52.2 Å². The second kappa shape index (κ2) is 7.43. The van der Waals surface area contributed by atoms with Gasteiger partial charge < -0.3 is 14.5 Å². The third-order valence-corrected chi connectivity index (χ3v) is 4.06. The van der Waals surface area contributed by atoms with Crippen LogP contribution in [0.5, 0.6) is 0 Å². The van der Waals surface area contributed by atoms with Crippen molar-refractivity contribution >= 4 is 23.9 Å². The number of nitrogens with zero attached hydrogens (tertiary/aromatic N) is 5. The highest BCUT2D eigenvalue weighted by Crippen LogP contribution is 2.27. The highest BCUT2D eigenvalue weighted by Gasteiger charge is 2.34. The Morgan fingerprint density at radius 2 is 2.07 bits per heavy atom. The lowest BCUT2D eigenvalue weighted by Gasteiger charge is -2.16. The summed E-state index contributed by atoms with van der Waals surface area (Å²) in [5.74, 6) is -0.314. The van der Waals surface area contributed by atoms with E-state index in [4.69, 9.17) is 9.15 Å². The fourth-order valence-electron chi connectivity index (χ4n) is 2.74. The third kappa shape index (κ3) is 3.65. The van der Waals surface area contributed by atoms with E-state index in [1.54, 1.807) is 0 Å². The number of ketones is 1. The number of ether oxygens (including phenoxy) is 1. The Bertz CT molecular complexity index is 1030. The average molecular weight is 380 g/mol. The van der Waals surface area contributed by atoms with E-state index in [0.717, 1.165) is 5.56 Å². The van der Waals surface area contributed by atoms with Gasteiger partial charge in [-0.2, -0.15) is 9.90 Å². The molecule has 2 aromatic heterocycles. The Morgan fingerprint density at radius 3 is 2.82 bits per heavy atom. The molecule has 2 unspecified atom stereocenters. The number of anilines is 1. The summed E-state index contributed by atoms with van der Waals surface area (Å²) >= 11 is 0. The molecule has 0 radical (unpaired) electrons. The number of oxazole rings is 1. The number of carbonyl (C=O) groups excluding carboxylic acids is 2. The number of aromatic nitrogens is 4. The fourth-order valence-corrected chi connectivity index (χ4v) is 2.74. The van der Waals surface area contributed by atoms with E-state index in [0.29, 0.717) is 5.69 Å². The van der Waals surface area contributed by atoms with Crippen LogP contribution >= 0.6 is 0 Å². The Balaban J connectivity index is 1.41. The highest BCUT2D eigenvalue weighted by atomic mass is 16.5. The fraction of sp³-hybridized carbons (Fsp3) is 0.222.